The average Bonchev–Trinajstić information content (AvgIpc) is 2.53. The SMILES string of the molecule is FCC(Cc1ccc(F)cc1)NCCCc1ccccc1. The lowest BCUT2D eigenvalue weighted by Gasteiger charge is -2.15. The highest BCUT2D eigenvalue weighted by Gasteiger charge is 2.08. The third kappa shape index (κ3) is 5.64. The molecule has 0 aliphatic heterocycles. The molecule has 1 N–H and O–H groups in total. The first-order chi connectivity index (χ1) is 10.3. The van der Waals surface area contributed by atoms with Gasteiger partial charge in [0.1, 0.15) is 12.5 Å². The molecule has 0 aliphatic rings. The predicted molar refractivity (Wildman–Crippen MR) is 82.6 cm³/mol. The topological polar surface area (TPSA) is 12.0 Å². The number of nitrogens with one attached hydrogen (secondary N) is 1. The first-order valence-corrected chi connectivity index (χ1v) is 7.35. The van der Waals surface area contributed by atoms with Crippen LogP contribution < -0.4 is 5.32 Å². The molecule has 0 aliphatic carbocycles. The Kier molecular flexibility index (Phi) is 6.35. The molecular formula is C18H21F2N. The number of hydrogen-bond acceptors (Lipinski definition) is 1. The Morgan fingerprint density at radius 1 is 0.905 bits per heavy atom. The molecule has 2 rings (SSSR count). The number of halogens is 2. The first-order valence-electron chi connectivity index (χ1n) is 7.35. The van der Waals surface area contributed by atoms with Crippen LogP contribution in [0.2, 0.25) is 0 Å². The van der Waals surface area contributed by atoms with Crippen molar-refractivity contribution < 1.29 is 8.78 Å². The van der Waals surface area contributed by atoms with Gasteiger partial charge in [0.15, 0.2) is 0 Å². The maximum absolute atomic E-state index is 13.0. The fourth-order valence-electron chi connectivity index (χ4n) is 2.33. The van der Waals surface area contributed by atoms with Gasteiger partial charge in [-0.05, 0) is 49.1 Å². The second-order valence-corrected chi connectivity index (χ2v) is 5.23. The van der Waals surface area contributed by atoms with Crippen LogP contribution in [0.15, 0.2) is 54.6 Å². The molecule has 0 saturated carbocycles. The largest absolute Gasteiger partial charge is 0.311 e. The smallest absolute Gasteiger partial charge is 0.123 e. The summed E-state index contributed by atoms with van der Waals surface area (Å²) >= 11 is 0. The summed E-state index contributed by atoms with van der Waals surface area (Å²) in [5.41, 5.74) is 2.25. The molecule has 0 aromatic heterocycles. The molecule has 0 bridgehead atoms. The highest BCUT2D eigenvalue weighted by Crippen LogP contribution is 2.07. The number of benzene rings is 2. The summed E-state index contributed by atoms with van der Waals surface area (Å²) in [6.07, 6.45) is 2.55. The number of hydrogen-bond donors (Lipinski definition) is 1. The van der Waals surface area contributed by atoms with E-state index >= 15 is 0 Å². The van der Waals surface area contributed by atoms with Crippen LogP contribution in [0.5, 0.6) is 0 Å². The van der Waals surface area contributed by atoms with Crippen LogP contribution in [-0.4, -0.2) is 19.3 Å². The van der Waals surface area contributed by atoms with E-state index in [1.807, 2.05) is 18.2 Å². The van der Waals surface area contributed by atoms with E-state index in [-0.39, 0.29) is 11.9 Å². The van der Waals surface area contributed by atoms with E-state index in [2.05, 4.69) is 17.4 Å². The van der Waals surface area contributed by atoms with Gasteiger partial charge in [-0.15, -0.1) is 0 Å². The molecule has 0 spiro atoms. The Morgan fingerprint density at radius 3 is 2.29 bits per heavy atom. The molecule has 21 heavy (non-hydrogen) atoms. The van der Waals surface area contributed by atoms with Gasteiger partial charge in [0.05, 0.1) is 0 Å². The lowest BCUT2D eigenvalue weighted by atomic mass is 10.1. The van der Waals surface area contributed by atoms with Crippen LogP contribution in [0.1, 0.15) is 17.5 Å². The summed E-state index contributed by atoms with van der Waals surface area (Å²) in [6, 6.07) is 16.3. The van der Waals surface area contributed by atoms with Gasteiger partial charge in [0.2, 0.25) is 0 Å². The number of aryl methyl sites for hydroxylation is 1. The minimum atomic E-state index is -0.414. The van der Waals surface area contributed by atoms with Crippen LogP contribution in [0.4, 0.5) is 8.78 Å². The van der Waals surface area contributed by atoms with Crippen molar-refractivity contribution >= 4 is 0 Å². The highest BCUT2D eigenvalue weighted by atomic mass is 19.1. The van der Waals surface area contributed by atoms with Gasteiger partial charge >= 0.3 is 0 Å². The molecule has 112 valence electrons. The molecule has 0 fully saturated rings. The summed E-state index contributed by atoms with van der Waals surface area (Å²) in [6.45, 7) is 0.368. The molecule has 2 aromatic carbocycles. The van der Waals surface area contributed by atoms with E-state index < -0.39 is 6.67 Å². The third-order valence-electron chi connectivity index (χ3n) is 3.50. The quantitative estimate of drug-likeness (QED) is 0.726. The molecule has 0 heterocycles. The molecule has 3 heteroatoms. The second kappa shape index (κ2) is 8.53. The Labute approximate surface area is 125 Å². The zero-order valence-corrected chi connectivity index (χ0v) is 12.1. The molecular weight excluding hydrogens is 268 g/mol. The summed E-state index contributed by atoms with van der Waals surface area (Å²) in [5, 5.41) is 3.23. The highest BCUT2D eigenvalue weighted by molar-refractivity contribution is 5.17. The van der Waals surface area contributed by atoms with Crippen molar-refractivity contribution in [2.45, 2.75) is 25.3 Å². The summed E-state index contributed by atoms with van der Waals surface area (Å²) in [4.78, 5) is 0. The lowest BCUT2D eigenvalue weighted by Crippen LogP contribution is -2.34. The van der Waals surface area contributed by atoms with Crippen molar-refractivity contribution in [1.82, 2.24) is 5.32 Å². The molecule has 1 unspecified atom stereocenters. The van der Waals surface area contributed by atoms with E-state index in [0.717, 1.165) is 24.9 Å². The van der Waals surface area contributed by atoms with E-state index in [9.17, 15) is 8.78 Å². The van der Waals surface area contributed by atoms with E-state index in [1.54, 1.807) is 12.1 Å². The first kappa shape index (κ1) is 15.6. The molecule has 0 amide bonds. The third-order valence-corrected chi connectivity index (χ3v) is 3.50. The van der Waals surface area contributed by atoms with Crippen molar-refractivity contribution in [1.29, 1.82) is 0 Å². The molecule has 2 aromatic rings. The fraction of sp³-hybridized carbons (Fsp3) is 0.333. The minimum absolute atomic E-state index is 0.203. The fourth-order valence-corrected chi connectivity index (χ4v) is 2.33. The van der Waals surface area contributed by atoms with Crippen molar-refractivity contribution in [3.8, 4) is 0 Å². The summed E-state index contributed by atoms with van der Waals surface area (Å²) in [7, 11) is 0. The van der Waals surface area contributed by atoms with Crippen LogP contribution in [0.25, 0.3) is 0 Å². The van der Waals surface area contributed by atoms with Gasteiger partial charge in [0, 0.05) is 6.04 Å². The summed E-state index contributed by atoms with van der Waals surface area (Å²) < 4.78 is 25.9. The van der Waals surface area contributed by atoms with Crippen molar-refractivity contribution in [2.24, 2.45) is 0 Å². The van der Waals surface area contributed by atoms with Crippen molar-refractivity contribution in [3.63, 3.8) is 0 Å². The van der Waals surface area contributed by atoms with Gasteiger partial charge in [-0.25, -0.2) is 8.78 Å². The minimum Gasteiger partial charge on any atom is -0.311 e. The zero-order valence-electron chi connectivity index (χ0n) is 12.1. The maximum atomic E-state index is 13.0. The molecule has 0 saturated heterocycles. The number of alkyl halides is 1. The average molecular weight is 289 g/mol. The maximum Gasteiger partial charge on any atom is 0.123 e. The molecule has 0 radical (unpaired) electrons. The second-order valence-electron chi connectivity index (χ2n) is 5.23. The molecule has 1 atom stereocenters. The van der Waals surface area contributed by atoms with Gasteiger partial charge in [-0.2, -0.15) is 0 Å². The van der Waals surface area contributed by atoms with E-state index in [0.29, 0.717) is 6.42 Å². The lowest BCUT2D eigenvalue weighted by molar-refractivity contribution is 0.371. The van der Waals surface area contributed by atoms with Crippen LogP contribution in [-0.2, 0) is 12.8 Å². The monoisotopic (exact) mass is 289 g/mol. The van der Waals surface area contributed by atoms with Crippen molar-refractivity contribution in [3.05, 3.63) is 71.5 Å². The van der Waals surface area contributed by atoms with Crippen molar-refractivity contribution in [2.75, 3.05) is 13.2 Å². The Hall–Kier alpha value is -1.74. The summed E-state index contributed by atoms with van der Waals surface area (Å²) in [5.74, 6) is -0.258. The normalized spacial score (nSPS) is 12.3. The van der Waals surface area contributed by atoms with Crippen LogP contribution in [0.3, 0.4) is 0 Å². The van der Waals surface area contributed by atoms with E-state index in [4.69, 9.17) is 0 Å². The Bertz CT molecular complexity index is 511. The standard InChI is InChI=1S/C18H21F2N/c19-14-18(13-16-8-10-17(20)11-9-16)21-12-4-7-15-5-2-1-3-6-15/h1-3,5-6,8-11,18,21H,4,7,12-14H2. The predicted octanol–water partition coefficient (Wildman–Crippen LogP) is 3.93. The van der Waals surface area contributed by atoms with Crippen LogP contribution in [0, 0.1) is 5.82 Å². The van der Waals surface area contributed by atoms with Crippen LogP contribution >= 0.6 is 0 Å². The number of rotatable bonds is 8. The zero-order chi connectivity index (χ0) is 14.9. The Balaban J connectivity index is 1.71. The molecule has 1 nitrogen and oxygen atoms in total. The van der Waals surface area contributed by atoms with E-state index in [1.165, 1.54) is 17.7 Å². The Morgan fingerprint density at radius 2 is 1.62 bits per heavy atom. The van der Waals surface area contributed by atoms with Gasteiger partial charge in [-0.1, -0.05) is 42.5 Å². The van der Waals surface area contributed by atoms with Gasteiger partial charge in [-0.3, -0.25) is 0 Å². The van der Waals surface area contributed by atoms with Gasteiger partial charge < -0.3 is 5.32 Å². The van der Waals surface area contributed by atoms with Gasteiger partial charge in [0.25, 0.3) is 0 Å².